The Morgan fingerprint density at radius 1 is 0.482 bits per heavy atom. The Morgan fingerprint density at radius 3 is 1.18 bits per heavy atom. The van der Waals surface area contributed by atoms with E-state index in [1.165, 1.54) is 24.3 Å². The first-order chi connectivity index (χ1) is 25.2. The lowest BCUT2D eigenvalue weighted by molar-refractivity contribution is -0.0338. The summed E-state index contributed by atoms with van der Waals surface area (Å²) in [4.78, 5) is -8.18. The average Bonchev–Trinajstić information content (AvgIpc) is 3.82. The standard InChI is InChI=1S/C28H10F16N4S8/c29-27(30,31)51-17-9-11(1-7-19(17)55(35,36,37,38)39)13-3-5-15(49-13)21-23-25(47-53-45-23)22(26-24(21)46-54-48-26)16-6-4-14(50-16)12-2-8-20(56(40,41,42,43)44)18(10-12)52-28(32,33)34/h1-10H. The molecule has 28 heteroatoms. The molecule has 0 saturated heterocycles. The lowest BCUT2D eigenvalue weighted by Crippen LogP contribution is -2.10. The number of hydrogen-bond acceptors (Lipinski definition) is 9. The first kappa shape index (κ1) is 41.2. The van der Waals surface area contributed by atoms with Crippen LogP contribution < -0.4 is 0 Å². The first-order valence-electron chi connectivity index (χ1n) is 14.1. The fraction of sp³-hybridized carbons (Fsp3) is 0.0714. The highest BCUT2D eigenvalue weighted by molar-refractivity contribution is 8.46. The zero-order valence-corrected chi connectivity index (χ0v) is 32.4. The summed E-state index contributed by atoms with van der Waals surface area (Å²) >= 11 is 0.387. The van der Waals surface area contributed by atoms with Gasteiger partial charge in [0.15, 0.2) is 0 Å². The average molecular weight is 963 g/mol. The Balaban J connectivity index is 1.31. The Morgan fingerprint density at radius 2 is 0.839 bits per heavy atom. The molecule has 0 saturated carbocycles. The lowest BCUT2D eigenvalue weighted by atomic mass is 10.0. The molecule has 4 heterocycles. The third-order valence-corrected chi connectivity index (χ3v) is 14.9. The fourth-order valence-electron chi connectivity index (χ4n) is 5.35. The van der Waals surface area contributed by atoms with E-state index in [1.807, 2.05) is 0 Å². The maximum absolute atomic E-state index is 13.7. The largest absolute Gasteiger partial charge is 0.446 e. The molecule has 4 nitrogen and oxygen atoms in total. The van der Waals surface area contributed by atoms with Crippen molar-refractivity contribution in [1.29, 1.82) is 0 Å². The van der Waals surface area contributed by atoms with Crippen molar-refractivity contribution < 1.29 is 65.2 Å². The van der Waals surface area contributed by atoms with Crippen molar-refractivity contribution in [3.8, 4) is 41.8 Å². The fourth-order valence-corrected chi connectivity index (χ4v) is 12.5. The van der Waals surface area contributed by atoms with Gasteiger partial charge in [0.2, 0.25) is 0 Å². The molecule has 0 atom stereocenters. The molecule has 7 rings (SSSR count). The van der Waals surface area contributed by atoms with E-state index in [9.17, 15) is 65.2 Å². The summed E-state index contributed by atoms with van der Waals surface area (Å²) in [7, 11) is -21.1. The Hall–Kier alpha value is -3.02. The Kier molecular flexibility index (Phi) is 8.67. The molecule has 0 bridgehead atoms. The summed E-state index contributed by atoms with van der Waals surface area (Å²) in [6.07, 6.45) is 0. The molecule has 0 spiro atoms. The van der Waals surface area contributed by atoms with Crippen LogP contribution in [0.5, 0.6) is 0 Å². The van der Waals surface area contributed by atoms with Gasteiger partial charge in [0, 0.05) is 40.4 Å². The summed E-state index contributed by atoms with van der Waals surface area (Å²) in [5.74, 6) is 0. The summed E-state index contributed by atoms with van der Waals surface area (Å²) < 4.78 is 233. The summed E-state index contributed by atoms with van der Waals surface area (Å²) in [6.45, 7) is 0. The molecule has 3 aromatic carbocycles. The van der Waals surface area contributed by atoms with Gasteiger partial charge in [0.25, 0.3) is 0 Å². The van der Waals surface area contributed by atoms with Crippen molar-refractivity contribution in [3.05, 3.63) is 60.7 Å². The highest BCUT2D eigenvalue weighted by Crippen LogP contribution is 3.03. The molecular formula is C28H10F16N4S8. The molecule has 6 aromatic rings. The highest BCUT2D eigenvalue weighted by Gasteiger charge is 2.68. The van der Waals surface area contributed by atoms with Gasteiger partial charge in [-0.25, -0.2) is 0 Å². The van der Waals surface area contributed by atoms with Crippen molar-refractivity contribution >= 4 is 112 Å². The number of benzene rings is 3. The van der Waals surface area contributed by atoms with Crippen LogP contribution in [-0.2, 0) is 11.4 Å². The maximum atomic E-state index is 13.7. The molecule has 302 valence electrons. The first-order valence-corrected chi connectivity index (χ1v) is 22.8. The second kappa shape index (κ2) is 11.8. The van der Waals surface area contributed by atoms with E-state index in [4.69, 9.17) is 0 Å². The number of nitrogens with zero attached hydrogens (tertiary/aromatic N) is 4. The van der Waals surface area contributed by atoms with Crippen LogP contribution in [-0.4, -0.2) is 19.8 Å². The van der Waals surface area contributed by atoms with Crippen LogP contribution in [0, 0.1) is 0 Å². The van der Waals surface area contributed by atoms with Crippen LogP contribution >= 0.6 is 78.4 Å². The number of fused-ring (bicyclic) bond motifs is 2. The molecule has 3 aromatic heterocycles. The van der Waals surface area contributed by atoms with Crippen LogP contribution in [0.15, 0.2) is 89.0 Å². The number of thiophene rings is 2. The van der Waals surface area contributed by atoms with Gasteiger partial charge in [-0.1, -0.05) is 51.0 Å². The van der Waals surface area contributed by atoms with Gasteiger partial charge in [-0.15, -0.1) is 22.7 Å². The normalized spacial score (nSPS) is 16.3. The third kappa shape index (κ3) is 8.42. The molecule has 56 heavy (non-hydrogen) atoms. The van der Waals surface area contributed by atoms with Crippen LogP contribution in [0.3, 0.4) is 0 Å². The minimum atomic E-state index is -10.6. The van der Waals surface area contributed by atoms with Gasteiger partial charge in [-0.3, -0.25) is 0 Å². The minimum absolute atomic E-state index is 0.0663. The summed E-state index contributed by atoms with van der Waals surface area (Å²) in [5.41, 5.74) is -10.0. The van der Waals surface area contributed by atoms with Crippen LogP contribution in [0.4, 0.5) is 76.6 Å². The zero-order valence-electron chi connectivity index (χ0n) is 25.9. The Labute approximate surface area is 326 Å². The van der Waals surface area contributed by atoms with E-state index >= 15 is 0 Å². The van der Waals surface area contributed by atoms with Crippen LogP contribution in [0.1, 0.15) is 0 Å². The molecule has 0 N–H and O–H groups in total. The molecule has 0 radical (unpaired) electrons. The van der Waals surface area contributed by atoms with Crippen molar-refractivity contribution in [2.45, 2.75) is 30.6 Å². The maximum Gasteiger partial charge on any atom is 0.446 e. The number of rotatable bonds is 8. The highest BCUT2D eigenvalue weighted by atomic mass is 32.5. The smallest absolute Gasteiger partial charge is 0.172 e. The predicted molar refractivity (Wildman–Crippen MR) is 193 cm³/mol. The summed E-state index contributed by atoms with van der Waals surface area (Å²) in [5, 5.41) is 0. The van der Waals surface area contributed by atoms with E-state index in [1.54, 1.807) is 0 Å². The monoisotopic (exact) mass is 962 g/mol. The third-order valence-electron chi connectivity index (χ3n) is 7.37. The molecule has 1 aliphatic heterocycles. The number of hydrogen-bond donors (Lipinski definition) is 0. The van der Waals surface area contributed by atoms with E-state index in [0.717, 1.165) is 22.7 Å². The van der Waals surface area contributed by atoms with E-state index in [2.05, 4.69) is 17.5 Å². The molecule has 0 fully saturated rings. The van der Waals surface area contributed by atoms with Crippen molar-refractivity contribution in [2.24, 2.45) is 8.73 Å². The molecular weight excluding hydrogens is 953 g/mol. The molecule has 0 amide bonds. The number of alkyl halides is 6. The second-order valence-electron chi connectivity index (χ2n) is 11.4. The number of halogens is 16. The van der Waals surface area contributed by atoms with Gasteiger partial charge in [-0.2, -0.15) is 43.8 Å². The lowest BCUT2D eigenvalue weighted by Gasteiger charge is -2.41. The molecule has 1 aliphatic rings. The predicted octanol–water partition coefficient (Wildman–Crippen LogP) is 17.7. The van der Waals surface area contributed by atoms with Gasteiger partial charge >= 0.3 is 31.5 Å². The van der Waals surface area contributed by atoms with Gasteiger partial charge < -0.3 is 0 Å². The number of aromatic nitrogens is 2. The van der Waals surface area contributed by atoms with E-state index in [0.29, 0.717) is 57.1 Å². The van der Waals surface area contributed by atoms with Crippen molar-refractivity contribution in [2.75, 3.05) is 0 Å². The second-order valence-corrected chi connectivity index (χ2v) is 21.6. The molecule has 0 unspecified atom stereocenters. The molecule has 0 aliphatic carbocycles. The van der Waals surface area contributed by atoms with Gasteiger partial charge in [-0.05, 0) is 83.2 Å². The topological polar surface area (TPSA) is 50.5 Å². The van der Waals surface area contributed by atoms with Gasteiger partial charge in [0.05, 0.1) is 23.1 Å². The number of thioether (sulfide) groups is 2. The minimum Gasteiger partial charge on any atom is -0.172 e. The van der Waals surface area contributed by atoms with Crippen LogP contribution in [0.25, 0.3) is 52.8 Å². The van der Waals surface area contributed by atoms with Crippen molar-refractivity contribution in [1.82, 2.24) is 8.75 Å². The summed E-state index contributed by atoms with van der Waals surface area (Å²) in [6, 6.07) is 7.19. The van der Waals surface area contributed by atoms with Crippen molar-refractivity contribution in [3.63, 3.8) is 0 Å². The quantitative estimate of drug-likeness (QED) is 0.112. The van der Waals surface area contributed by atoms with Gasteiger partial charge in [0.1, 0.15) is 32.2 Å². The Bertz CT molecular complexity index is 2510. The SMILES string of the molecule is FC(F)(F)Sc1cc(-c2ccc(-c3c4c(c(-c5ccc(-c6ccc(S(F)(F)(F)(F)F)c(SC(F)(F)F)c6)s5)c5nsnc35)N=S=N4)s2)ccc1S(F)(F)(F)(F)F. The zero-order chi connectivity index (χ0) is 41.2. The van der Waals surface area contributed by atoms with Crippen LogP contribution in [0.2, 0.25) is 0 Å². The van der Waals surface area contributed by atoms with E-state index < -0.39 is 74.6 Å². The van der Waals surface area contributed by atoms with E-state index in [-0.39, 0.29) is 66.5 Å².